The van der Waals surface area contributed by atoms with Crippen molar-refractivity contribution in [2.45, 2.75) is 6.92 Å². The molecular weight excluding hydrogens is 260 g/mol. The Morgan fingerprint density at radius 2 is 1.94 bits per heavy atom. The third kappa shape index (κ3) is 3.19. The molecule has 0 atom stereocenters. The number of nitriles is 1. The van der Waals surface area contributed by atoms with Crippen molar-refractivity contribution < 1.29 is 22.5 Å². The highest BCUT2D eigenvalue weighted by Crippen LogP contribution is 2.19. The lowest BCUT2D eigenvalue weighted by molar-refractivity contribution is 0.163. The number of carbonyl (C=O) groups is 1. The van der Waals surface area contributed by atoms with Crippen molar-refractivity contribution in [2.24, 2.45) is 0 Å². The quantitative estimate of drug-likeness (QED) is 0.819. The van der Waals surface area contributed by atoms with E-state index in [0.717, 1.165) is 0 Å². The lowest BCUT2D eigenvalue weighted by Gasteiger charge is -2.16. The van der Waals surface area contributed by atoms with Crippen LogP contribution >= 0.6 is 0 Å². The van der Waals surface area contributed by atoms with Gasteiger partial charge in [0.1, 0.15) is 0 Å². The fourth-order valence-corrected chi connectivity index (χ4v) is 1.79. The first-order valence-electron chi connectivity index (χ1n) is 4.83. The number of carbonyl (C=O) groups excluding carboxylic acids is 1. The van der Waals surface area contributed by atoms with Crippen LogP contribution in [0.15, 0.2) is 24.3 Å². The molecule has 8 heteroatoms. The Morgan fingerprint density at radius 1 is 1.39 bits per heavy atom. The van der Waals surface area contributed by atoms with E-state index in [4.69, 9.17) is 5.26 Å². The summed E-state index contributed by atoms with van der Waals surface area (Å²) in [5.41, 5.74) is 0.0910. The van der Waals surface area contributed by atoms with E-state index in [0.29, 0.717) is 0 Å². The molecule has 0 aliphatic rings. The van der Waals surface area contributed by atoms with Gasteiger partial charge in [0.2, 0.25) is 0 Å². The van der Waals surface area contributed by atoms with Gasteiger partial charge in [0.25, 0.3) is 0 Å². The van der Waals surface area contributed by atoms with E-state index < -0.39 is 16.4 Å². The second-order valence-corrected chi connectivity index (χ2v) is 4.30. The summed E-state index contributed by atoms with van der Waals surface area (Å²) in [5, 5.41) is 8.59. The molecule has 0 saturated heterocycles. The molecule has 0 fully saturated rings. The molecule has 0 bridgehead atoms. The molecule has 0 aliphatic heterocycles. The van der Waals surface area contributed by atoms with Gasteiger partial charge < -0.3 is 4.74 Å². The summed E-state index contributed by atoms with van der Waals surface area (Å²) in [4.78, 5) is 11.4. The van der Waals surface area contributed by atoms with Crippen LogP contribution in [0.3, 0.4) is 0 Å². The molecule has 0 N–H and O–H groups in total. The van der Waals surface area contributed by atoms with Gasteiger partial charge in [-0.1, -0.05) is 4.55 Å². The predicted molar refractivity (Wildman–Crippen MR) is 60.3 cm³/mol. The molecule has 1 aromatic rings. The first-order valence-corrected chi connectivity index (χ1v) is 6.19. The predicted octanol–water partition coefficient (Wildman–Crippen LogP) is 1.20. The highest BCUT2D eigenvalue weighted by molar-refractivity contribution is 7.87. The lowest BCUT2D eigenvalue weighted by Crippen LogP contribution is -2.36. The maximum absolute atomic E-state index is 11.4. The average molecular weight is 269 g/mol. The summed E-state index contributed by atoms with van der Waals surface area (Å²) in [5.74, 6) is 0. The normalized spacial score (nSPS) is 10.5. The Bertz CT molecular complexity index is 573. The number of anilines is 1. The van der Waals surface area contributed by atoms with Crippen molar-refractivity contribution >= 4 is 22.1 Å². The second kappa shape index (κ2) is 5.48. The molecule has 0 aliphatic carbocycles. The van der Waals surface area contributed by atoms with Gasteiger partial charge in [-0.25, -0.2) is 4.79 Å². The number of ether oxygens (including phenoxy) is 1. The molecule has 1 rings (SSSR count). The summed E-state index contributed by atoms with van der Waals surface area (Å²) < 4.78 is 37.5. The van der Waals surface area contributed by atoms with Crippen LogP contribution in [0.4, 0.5) is 10.5 Å². The minimum atomic E-state index is -5.03. The number of rotatable bonds is 3. The molecule has 1 aromatic carbocycles. The fourth-order valence-electron chi connectivity index (χ4n) is 1.18. The summed E-state index contributed by atoms with van der Waals surface area (Å²) in [7, 11) is -5.03. The molecule has 18 heavy (non-hydrogen) atoms. The van der Waals surface area contributed by atoms with E-state index in [-0.39, 0.29) is 22.2 Å². The van der Waals surface area contributed by atoms with Crippen LogP contribution in [0.25, 0.3) is 0 Å². The highest BCUT2D eigenvalue weighted by Gasteiger charge is 2.30. The van der Waals surface area contributed by atoms with Gasteiger partial charge in [0, 0.05) is 0 Å². The second-order valence-electron chi connectivity index (χ2n) is 3.08. The maximum atomic E-state index is 11.4. The van der Waals surface area contributed by atoms with Crippen molar-refractivity contribution in [3.8, 4) is 6.07 Å². The average Bonchev–Trinajstić information content (AvgIpc) is 2.28. The van der Waals surface area contributed by atoms with E-state index in [9.17, 15) is 17.8 Å². The lowest BCUT2D eigenvalue weighted by atomic mass is 10.2. The van der Waals surface area contributed by atoms with Gasteiger partial charge in [-0.05, 0) is 31.2 Å². The van der Waals surface area contributed by atoms with E-state index in [1.54, 1.807) is 0 Å². The highest BCUT2D eigenvalue weighted by atomic mass is 32.2. The van der Waals surface area contributed by atoms with Crippen LogP contribution < -0.4 is 4.31 Å². The van der Waals surface area contributed by atoms with Crippen molar-refractivity contribution in [3.05, 3.63) is 29.8 Å². The summed E-state index contributed by atoms with van der Waals surface area (Å²) in [6.45, 7) is 1.41. The smallest absolute Gasteiger partial charge is 0.430 e. The minimum absolute atomic E-state index is 0.00233. The van der Waals surface area contributed by atoms with E-state index in [1.807, 2.05) is 6.07 Å². The molecule has 95 valence electrons. The summed E-state index contributed by atoms with van der Waals surface area (Å²) >= 11 is 0. The van der Waals surface area contributed by atoms with Crippen LogP contribution in [0.1, 0.15) is 12.5 Å². The Labute approximate surface area is 104 Å². The monoisotopic (exact) mass is 269 g/mol. The zero-order valence-corrected chi connectivity index (χ0v) is 10.2. The van der Waals surface area contributed by atoms with Gasteiger partial charge in [-0.2, -0.15) is 13.7 Å². The van der Waals surface area contributed by atoms with Crippen molar-refractivity contribution in [2.75, 3.05) is 10.9 Å². The minimum Gasteiger partial charge on any atom is -0.449 e. The standard InChI is InChI=1S/C10H9N2O5S/c1-2-17-10(13)12(18(14,15)16)9-5-3-8(7-11)4-6-9/h3-6H,2H2,1H3. The number of hydrogen-bond donors (Lipinski definition) is 0. The van der Waals surface area contributed by atoms with Gasteiger partial charge in [-0.15, -0.1) is 4.31 Å². The van der Waals surface area contributed by atoms with Crippen molar-refractivity contribution in [1.29, 1.82) is 5.26 Å². The van der Waals surface area contributed by atoms with Crippen LogP contribution in [-0.2, 0) is 19.6 Å². The Morgan fingerprint density at radius 3 is 2.33 bits per heavy atom. The first kappa shape index (κ1) is 14.0. The molecule has 0 heterocycles. The van der Waals surface area contributed by atoms with Crippen LogP contribution in [0.5, 0.6) is 0 Å². The summed E-state index contributed by atoms with van der Waals surface area (Å²) in [6.07, 6.45) is -1.28. The Kier molecular flexibility index (Phi) is 4.25. The number of hydrogen-bond acceptors (Lipinski definition) is 5. The molecule has 0 spiro atoms. The van der Waals surface area contributed by atoms with E-state index in [1.165, 1.54) is 31.2 Å². The van der Waals surface area contributed by atoms with Crippen LogP contribution in [-0.4, -0.2) is 21.1 Å². The first-order chi connectivity index (χ1) is 8.40. The number of amides is 1. The van der Waals surface area contributed by atoms with Crippen LogP contribution in [0.2, 0.25) is 0 Å². The Balaban J connectivity index is 3.19. The molecule has 0 saturated carbocycles. The third-order valence-corrected chi connectivity index (χ3v) is 2.70. The maximum Gasteiger partial charge on any atom is 0.430 e. The van der Waals surface area contributed by atoms with Gasteiger partial charge in [0.05, 0.1) is 23.9 Å². The molecule has 1 amide bonds. The van der Waals surface area contributed by atoms with Crippen molar-refractivity contribution in [3.63, 3.8) is 0 Å². The number of nitrogens with zero attached hydrogens (tertiary/aromatic N) is 2. The van der Waals surface area contributed by atoms with E-state index in [2.05, 4.69) is 4.74 Å². The van der Waals surface area contributed by atoms with Gasteiger partial charge >= 0.3 is 16.4 Å². The van der Waals surface area contributed by atoms with Crippen molar-refractivity contribution in [1.82, 2.24) is 0 Å². The van der Waals surface area contributed by atoms with E-state index >= 15 is 0 Å². The van der Waals surface area contributed by atoms with Gasteiger partial charge in [0.15, 0.2) is 0 Å². The zero-order valence-electron chi connectivity index (χ0n) is 9.36. The molecule has 0 unspecified atom stereocenters. The molecule has 0 aromatic heterocycles. The third-order valence-electron chi connectivity index (χ3n) is 1.89. The number of benzene rings is 1. The Hall–Kier alpha value is -2.11. The van der Waals surface area contributed by atoms with Crippen LogP contribution in [0, 0.1) is 11.3 Å². The summed E-state index contributed by atoms with van der Waals surface area (Å²) in [6, 6.07) is 6.74. The SMILES string of the molecule is CCOC(=O)N(c1ccc(C#N)cc1)S([O])(=O)=O. The topological polar surface area (TPSA) is 107 Å². The zero-order chi connectivity index (χ0) is 13.8. The fraction of sp³-hybridized carbons (Fsp3) is 0.200. The molecule has 7 nitrogen and oxygen atoms in total. The van der Waals surface area contributed by atoms with Gasteiger partial charge in [-0.3, -0.25) is 0 Å². The largest absolute Gasteiger partial charge is 0.449 e. The molecule has 1 radical (unpaired) electrons. The molecular formula is C10H9N2O5S.